The van der Waals surface area contributed by atoms with Gasteiger partial charge in [0, 0.05) is 25.2 Å². The van der Waals surface area contributed by atoms with E-state index in [0.29, 0.717) is 33.7 Å². The highest BCUT2D eigenvalue weighted by molar-refractivity contribution is 6.01. The van der Waals surface area contributed by atoms with Crippen LogP contribution in [0.4, 0.5) is 5.69 Å². The van der Waals surface area contributed by atoms with Crippen molar-refractivity contribution < 1.29 is 14.3 Å². The lowest BCUT2D eigenvalue weighted by atomic mass is 9.98. The first-order valence-electron chi connectivity index (χ1n) is 9.67. The highest BCUT2D eigenvalue weighted by Crippen LogP contribution is 2.30. The molecule has 0 bridgehead atoms. The van der Waals surface area contributed by atoms with Gasteiger partial charge in [0.2, 0.25) is 5.91 Å². The summed E-state index contributed by atoms with van der Waals surface area (Å²) in [6, 6.07) is 14.9. The number of guanidine groups is 1. The molecule has 0 unspecified atom stereocenters. The van der Waals surface area contributed by atoms with Crippen molar-refractivity contribution in [3.8, 4) is 5.75 Å². The minimum atomic E-state index is -0.591. The Balaban J connectivity index is 0.00000289. The van der Waals surface area contributed by atoms with E-state index in [1.54, 1.807) is 73.6 Å². The normalized spacial score (nSPS) is 10.6. The van der Waals surface area contributed by atoms with E-state index in [2.05, 4.69) is 4.99 Å². The molecule has 0 aliphatic carbocycles. The number of benzene rings is 3. The monoisotopic (exact) mass is 504 g/mol. The van der Waals surface area contributed by atoms with Crippen molar-refractivity contribution in [2.75, 3.05) is 14.1 Å². The third-order valence-electron chi connectivity index (χ3n) is 4.76. The Bertz CT molecular complexity index is 1240. The zero-order valence-electron chi connectivity index (χ0n) is 18.6. The summed E-state index contributed by atoms with van der Waals surface area (Å²) in [6.07, 6.45) is -0.114. The van der Waals surface area contributed by atoms with Crippen LogP contribution >= 0.6 is 24.8 Å². The molecule has 0 spiro atoms. The molecule has 0 aliphatic heterocycles. The zero-order valence-corrected chi connectivity index (χ0v) is 20.2. The van der Waals surface area contributed by atoms with Crippen LogP contribution in [0.25, 0.3) is 10.8 Å². The Hall–Kier alpha value is -3.82. The molecule has 34 heavy (non-hydrogen) atoms. The van der Waals surface area contributed by atoms with Gasteiger partial charge in [-0.2, -0.15) is 0 Å². The number of amidine groups is 1. The summed E-state index contributed by atoms with van der Waals surface area (Å²) in [6.45, 7) is 0. The molecule has 3 aromatic carbocycles. The number of hydrogen-bond donors (Lipinski definition) is 4. The largest absolute Gasteiger partial charge is 0.423 e. The third kappa shape index (κ3) is 6.60. The second-order valence-electron chi connectivity index (χ2n) is 7.34. The van der Waals surface area contributed by atoms with Crippen molar-refractivity contribution in [1.29, 1.82) is 5.41 Å². The van der Waals surface area contributed by atoms with E-state index in [9.17, 15) is 9.59 Å². The number of rotatable bonds is 6. The van der Waals surface area contributed by atoms with Crippen molar-refractivity contribution in [2.24, 2.45) is 22.2 Å². The van der Waals surface area contributed by atoms with Gasteiger partial charge in [-0.3, -0.25) is 10.2 Å². The van der Waals surface area contributed by atoms with Crippen molar-refractivity contribution in [3.05, 3.63) is 71.3 Å². The molecule has 180 valence electrons. The van der Waals surface area contributed by atoms with Gasteiger partial charge in [0.1, 0.15) is 11.6 Å². The first kappa shape index (κ1) is 28.2. The van der Waals surface area contributed by atoms with Crippen LogP contribution in [0.3, 0.4) is 0 Å². The maximum Gasteiger partial charge on any atom is 0.343 e. The number of aliphatic imine (C=N–C) groups is 1. The number of nitrogen functional groups attached to an aromatic ring is 1. The third-order valence-corrected chi connectivity index (χ3v) is 4.76. The van der Waals surface area contributed by atoms with Gasteiger partial charge in [0.15, 0.2) is 5.96 Å². The number of esters is 1. The Labute approximate surface area is 209 Å². The van der Waals surface area contributed by atoms with E-state index in [-0.39, 0.29) is 42.8 Å². The first-order valence-corrected chi connectivity index (χ1v) is 9.67. The summed E-state index contributed by atoms with van der Waals surface area (Å²) in [5.41, 5.74) is 18.7. The van der Waals surface area contributed by atoms with Crippen LogP contribution in [0.1, 0.15) is 21.5 Å². The number of halogens is 2. The Kier molecular flexibility index (Phi) is 9.85. The second kappa shape index (κ2) is 11.9. The number of nitrogens with two attached hydrogens (primary N) is 3. The molecule has 0 heterocycles. The summed E-state index contributed by atoms with van der Waals surface area (Å²) < 4.78 is 5.60. The number of nitrogens with zero attached hydrogens (tertiary/aromatic N) is 2. The van der Waals surface area contributed by atoms with Gasteiger partial charge in [-0.25, -0.2) is 9.79 Å². The highest BCUT2D eigenvalue weighted by Gasteiger charge is 2.16. The van der Waals surface area contributed by atoms with Gasteiger partial charge in [-0.15, -0.1) is 24.8 Å². The highest BCUT2D eigenvalue weighted by atomic mass is 35.5. The molecule has 9 nitrogen and oxygen atoms in total. The van der Waals surface area contributed by atoms with Crippen LogP contribution < -0.4 is 21.9 Å². The van der Waals surface area contributed by atoms with Crippen molar-refractivity contribution >= 4 is 64.9 Å². The summed E-state index contributed by atoms with van der Waals surface area (Å²) in [7, 11) is 3.55. The molecule has 0 radical (unpaired) electrons. The van der Waals surface area contributed by atoms with Gasteiger partial charge in [-0.05, 0) is 47.2 Å². The van der Waals surface area contributed by atoms with E-state index < -0.39 is 11.9 Å². The standard InChI is InChI=1S/C23H24N6O3.2ClH/c1-29(2)23(27)28-16-7-3-13(4-8-16)22(31)32-19-10-6-14-11-15(21(25)26)5-9-17(14)18(19)12-20(24)30;;/h3-11H,12H2,1-2H3,(H2,24,30)(H3,25,26)(H2,27,28);2*1H. The summed E-state index contributed by atoms with van der Waals surface area (Å²) in [5, 5.41) is 9.03. The van der Waals surface area contributed by atoms with E-state index in [1.807, 2.05) is 0 Å². The summed E-state index contributed by atoms with van der Waals surface area (Å²) >= 11 is 0. The molecule has 0 atom stereocenters. The number of primary amides is 1. The minimum Gasteiger partial charge on any atom is -0.423 e. The number of amides is 1. The van der Waals surface area contributed by atoms with Crippen LogP contribution in [0, 0.1) is 5.41 Å². The molecule has 3 aromatic rings. The molecule has 0 fully saturated rings. The number of carbonyl (C=O) groups excluding carboxylic acids is 2. The topological polar surface area (TPSA) is 161 Å². The van der Waals surface area contributed by atoms with E-state index >= 15 is 0 Å². The van der Waals surface area contributed by atoms with Crippen molar-refractivity contribution in [1.82, 2.24) is 4.90 Å². The summed E-state index contributed by atoms with van der Waals surface area (Å²) in [5.74, 6) is -0.659. The van der Waals surface area contributed by atoms with Crippen LogP contribution in [-0.2, 0) is 11.2 Å². The number of ether oxygens (including phenoxy) is 1. The lowest BCUT2D eigenvalue weighted by Gasteiger charge is -2.13. The fraction of sp³-hybridized carbons (Fsp3) is 0.130. The average molecular weight is 505 g/mol. The molecule has 0 saturated heterocycles. The van der Waals surface area contributed by atoms with Crippen LogP contribution in [0.15, 0.2) is 59.6 Å². The van der Waals surface area contributed by atoms with E-state index in [0.717, 1.165) is 5.39 Å². The molecule has 1 amide bonds. The lowest BCUT2D eigenvalue weighted by Crippen LogP contribution is -2.29. The smallest absolute Gasteiger partial charge is 0.343 e. The Morgan fingerprint density at radius 3 is 2.12 bits per heavy atom. The van der Waals surface area contributed by atoms with Gasteiger partial charge in [-0.1, -0.05) is 18.2 Å². The molecule has 7 N–H and O–H groups in total. The van der Waals surface area contributed by atoms with Gasteiger partial charge >= 0.3 is 5.97 Å². The molecule has 0 saturated carbocycles. The minimum absolute atomic E-state index is 0. The Morgan fingerprint density at radius 1 is 0.941 bits per heavy atom. The van der Waals surface area contributed by atoms with E-state index in [1.165, 1.54) is 0 Å². The van der Waals surface area contributed by atoms with E-state index in [4.69, 9.17) is 27.3 Å². The fourth-order valence-electron chi connectivity index (χ4n) is 3.06. The van der Waals surface area contributed by atoms with Gasteiger partial charge in [0.25, 0.3) is 0 Å². The molecule has 0 aromatic heterocycles. The predicted octanol–water partition coefficient (Wildman–Crippen LogP) is 2.72. The number of hydrogen-bond acceptors (Lipinski definition) is 5. The van der Waals surface area contributed by atoms with Crippen LogP contribution in [-0.4, -0.2) is 42.7 Å². The SMILES string of the molecule is CN(C)C(N)=Nc1ccc(C(=O)Oc2ccc3cc(C(=N)N)ccc3c2CC(N)=O)cc1.Cl.Cl. The van der Waals surface area contributed by atoms with Crippen LogP contribution in [0.5, 0.6) is 5.75 Å². The zero-order chi connectivity index (χ0) is 23.4. The fourth-order valence-corrected chi connectivity index (χ4v) is 3.06. The first-order chi connectivity index (χ1) is 15.2. The van der Waals surface area contributed by atoms with Gasteiger partial charge in [0.05, 0.1) is 17.7 Å². The average Bonchev–Trinajstić information content (AvgIpc) is 2.75. The molecule has 11 heteroatoms. The lowest BCUT2D eigenvalue weighted by molar-refractivity contribution is -0.117. The number of carbonyl (C=O) groups is 2. The quantitative estimate of drug-likeness (QED) is 0.174. The maximum atomic E-state index is 12.7. The Morgan fingerprint density at radius 2 is 1.56 bits per heavy atom. The molecular formula is C23H26Cl2N6O3. The molecular weight excluding hydrogens is 479 g/mol. The number of nitrogens with one attached hydrogen (secondary N) is 1. The molecule has 3 rings (SSSR count). The van der Waals surface area contributed by atoms with Gasteiger partial charge < -0.3 is 26.8 Å². The second-order valence-corrected chi connectivity index (χ2v) is 7.34. The maximum absolute atomic E-state index is 12.7. The molecule has 0 aliphatic rings. The van der Waals surface area contributed by atoms with Crippen molar-refractivity contribution in [3.63, 3.8) is 0 Å². The van der Waals surface area contributed by atoms with Crippen LogP contribution in [0.2, 0.25) is 0 Å². The summed E-state index contributed by atoms with van der Waals surface area (Å²) in [4.78, 5) is 30.3. The predicted molar refractivity (Wildman–Crippen MR) is 139 cm³/mol. The van der Waals surface area contributed by atoms with Crippen molar-refractivity contribution in [2.45, 2.75) is 6.42 Å². The number of fused-ring (bicyclic) bond motifs is 1.